The molecule has 0 N–H and O–H groups in total. The van der Waals surface area contributed by atoms with Gasteiger partial charge in [-0.3, -0.25) is 4.79 Å². The third kappa shape index (κ3) is 5.81. The maximum atomic E-state index is 12.1. The van der Waals surface area contributed by atoms with Gasteiger partial charge in [0.25, 0.3) is 0 Å². The van der Waals surface area contributed by atoms with E-state index in [0.717, 1.165) is 5.56 Å². The highest BCUT2D eigenvalue weighted by atomic mass is 16.5. The minimum atomic E-state index is -0.557. The van der Waals surface area contributed by atoms with Gasteiger partial charge in [-0.05, 0) is 5.56 Å². The van der Waals surface area contributed by atoms with Crippen molar-refractivity contribution in [2.45, 2.75) is 20.3 Å². The SMILES string of the molecule is CC(C)C(=O)/C(=C/N(C)C)C(=O)OCCc1ccccc1. The number of carbonyl (C=O) groups is 2. The number of ketones is 1. The second kappa shape index (κ2) is 8.25. The van der Waals surface area contributed by atoms with E-state index in [1.165, 1.54) is 6.20 Å². The number of carbonyl (C=O) groups excluding carboxylic acids is 2. The Kier molecular flexibility index (Phi) is 6.66. The molecule has 1 aromatic carbocycles. The average Bonchev–Trinajstić information content (AvgIpc) is 2.44. The van der Waals surface area contributed by atoms with E-state index in [2.05, 4.69) is 0 Å². The predicted molar refractivity (Wildman–Crippen MR) is 82.7 cm³/mol. The molecule has 0 aliphatic heterocycles. The fourth-order valence-electron chi connectivity index (χ4n) is 1.77. The summed E-state index contributed by atoms with van der Waals surface area (Å²) in [6.45, 7) is 3.80. The van der Waals surface area contributed by atoms with Crippen LogP contribution in [0, 0.1) is 5.92 Å². The van der Waals surface area contributed by atoms with Crippen molar-refractivity contribution in [1.29, 1.82) is 0 Å². The molecular formula is C17H23NO3. The molecule has 0 bridgehead atoms. The second-order valence-electron chi connectivity index (χ2n) is 5.40. The molecule has 0 saturated carbocycles. The summed E-state index contributed by atoms with van der Waals surface area (Å²) in [6, 6.07) is 9.77. The summed E-state index contributed by atoms with van der Waals surface area (Å²) in [5.41, 5.74) is 1.20. The van der Waals surface area contributed by atoms with Crippen LogP contribution in [0.3, 0.4) is 0 Å². The summed E-state index contributed by atoms with van der Waals surface area (Å²) < 4.78 is 5.23. The second-order valence-corrected chi connectivity index (χ2v) is 5.40. The summed E-state index contributed by atoms with van der Waals surface area (Å²) in [6.07, 6.45) is 2.16. The summed E-state index contributed by atoms with van der Waals surface area (Å²) in [5, 5.41) is 0. The molecule has 4 heteroatoms. The fraction of sp³-hybridized carbons (Fsp3) is 0.412. The first kappa shape index (κ1) is 17.0. The van der Waals surface area contributed by atoms with E-state index in [-0.39, 0.29) is 23.9 Å². The maximum absolute atomic E-state index is 12.1. The normalized spacial score (nSPS) is 11.4. The van der Waals surface area contributed by atoms with Crippen molar-refractivity contribution in [3.8, 4) is 0 Å². The van der Waals surface area contributed by atoms with E-state index in [4.69, 9.17) is 4.74 Å². The lowest BCUT2D eigenvalue weighted by molar-refractivity contribution is -0.140. The molecule has 1 aromatic rings. The topological polar surface area (TPSA) is 46.6 Å². The number of ether oxygens (including phenoxy) is 1. The molecular weight excluding hydrogens is 266 g/mol. The highest BCUT2D eigenvalue weighted by Crippen LogP contribution is 2.10. The molecule has 114 valence electrons. The van der Waals surface area contributed by atoms with Crippen LogP contribution in [0.5, 0.6) is 0 Å². The Hall–Kier alpha value is -2.10. The van der Waals surface area contributed by atoms with E-state index in [0.29, 0.717) is 6.42 Å². The van der Waals surface area contributed by atoms with Crippen LogP contribution in [-0.2, 0) is 20.7 Å². The number of hydrogen-bond donors (Lipinski definition) is 0. The lowest BCUT2D eigenvalue weighted by Gasteiger charge is -2.13. The van der Waals surface area contributed by atoms with Crippen molar-refractivity contribution in [1.82, 2.24) is 4.90 Å². The molecule has 0 aliphatic rings. The Labute approximate surface area is 126 Å². The zero-order valence-corrected chi connectivity index (χ0v) is 13.1. The predicted octanol–water partition coefficient (Wildman–Crippen LogP) is 2.44. The molecule has 0 aliphatic carbocycles. The zero-order chi connectivity index (χ0) is 15.8. The molecule has 0 unspecified atom stereocenters. The minimum absolute atomic E-state index is 0.100. The van der Waals surface area contributed by atoms with Gasteiger partial charge in [0.15, 0.2) is 5.78 Å². The number of nitrogens with zero attached hydrogens (tertiary/aromatic N) is 1. The molecule has 1 rings (SSSR count). The highest BCUT2D eigenvalue weighted by molar-refractivity contribution is 6.17. The highest BCUT2D eigenvalue weighted by Gasteiger charge is 2.22. The fourth-order valence-corrected chi connectivity index (χ4v) is 1.77. The first-order valence-corrected chi connectivity index (χ1v) is 7.05. The van der Waals surface area contributed by atoms with E-state index in [9.17, 15) is 9.59 Å². The third-order valence-electron chi connectivity index (χ3n) is 2.86. The van der Waals surface area contributed by atoms with Gasteiger partial charge in [0.1, 0.15) is 5.57 Å². The van der Waals surface area contributed by atoms with Gasteiger partial charge in [-0.15, -0.1) is 0 Å². The standard InChI is InChI=1S/C17H23NO3/c1-13(2)16(19)15(12-18(3)4)17(20)21-11-10-14-8-6-5-7-9-14/h5-9,12-13H,10-11H2,1-4H3/b15-12-. The van der Waals surface area contributed by atoms with Crippen LogP contribution < -0.4 is 0 Å². The van der Waals surface area contributed by atoms with E-state index >= 15 is 0 Å². The van der Waals surface area contributed by atoms with Gasteiger partial charge < -0.3 is 9.64 Å². The smallest absolute Gasteiger partial charge is 0.343 e. The Bertz CT molecular complexity index is 504. The molecule has 0 saturated heterocycles. The quantitative estimate of drug-likeness (QED) is 0.335. The van der Waals surface area contributed by atoms with Crippen molar-refractivity contribution in [3.63, 3.8) is 0 Å². The van der Waals surface area contributed by atoms with Gasteiger partial charge in [-0.1, -0.05) is 44.2 Å². The van der Waals surface area contributed by atoms with Crippen LogP contribution in [-0.4, -0.2) is 37.4 Å². The molecule has 0 aromatic heterocycles. The van der Waals surface area contributed by atoms with Crippen molar-refractivity contribution < 1.29 is 14.3 Å². The number of esters is 1. The largest absolute Gasteiger partial charge is 0.462 e. The van der Waals surface area contributed by atoms with Crippen molar-refractivity contribution in [3.05, 3.63) is 47.7 Å². The molecule has 4 nitrogen and oxygen atoms in total. The van der Waals surface area contributed by atoms with Crippen molar-refractivity contribution >= 4 is 11.8 Å². The Morgan fingerprint density at radius 1 is 1.19 bits per heavy atom. The van der Waals surface area contributed by atoms with Gasteiger partial charge in [-0.2, -0.15) is 0 Å². The maximum Gasteiger partial charge on any atom is 0.343 e. The molecule has 21 heavy (non-hydrogen) atoms. The van der Waals surface area contributed by atoms with E-state index in [1.54, 1.807) is 32.8 Å². The summed E-state index contributed by atoms with van der Waals surface area (Å²) >= 11 is 0. The number of rotatable bonds is 7. The Balaban J connectivity index is 2.63. The van der Waals surface area contributed by atoms with Crippen LogP contribution >= 0.6 is 0 Å². The third-order valence-corrected chi connectivity index (χ3v) is 2.86. The number of benzene rings is 1. The van der Waals surface area contributed by atoms with Crippen LogP contribution in [0.25, 0.3) is 0 Å². The monoisotopic (exact) mass is 289 g/mol. The summed E-state index contributed by atoms with van der Waals surface area (Å²) in [4.78, 5) is 25.8. The van der Waals surface area contributed by atoms with Gasteiger partial charge in [0.2, 0.25) is 0 Å². The Morgan fingerprint density at radius 3 is 2.33 bits per heavy atom. The molecule has 0 atom stereocenters. The van der Waals surface area contributed by atoms with Crippen LogP contribution in [0.2, 0.25) is 0 Å². The molecule has 0 amide bonds. The zero-order valence-electron chi connectivity index (χ0n) is 13.1. The average molecular weight is 289 g/mol. The number of hydrogen-bond acceptors (Lipinski definition) is 4. The minimum Gasteiger partial charge on any atom is -0.462 e. The lowest BCUT2D eigenvalue weighted by atomic mass is 10.0. The number of Topliss-reactive ketones (excluding diaryl/α,β-unsaturated/α-hetero) is 1. The van der Waals surface area contributed by atoms with E-state index in [1.807, 2.05) is 30.3 Å². The van der Waals surface area contributed by atoms with Gasteiger partial charge in [0.05, 0.1) is 6.61 Å². The van der Waals surface area contributed by atoms with Crippen molar-refractivity contribution in [2.75, 3.05) is 20.7 Å². The van der Waals surface area contributed by atoms with Crippen molar-refractivity contribution in [2.24, 2.45) is 5.92 Å². The van der Waals surface area contributed by atoms with E-state index < -0.39 is 5.97 Å². The van der Waals surface area contributed by atoms with Gasteiger partial charge >= 0.3 is 5.97 Å². The first-order valence-electron chi connectivity index (χ1n) is 7.05. The Morgan fingerprint density at radius 2 is 1.81 bits per heavy atom. The molecule has 0 heterocycles. The first-order chi connectivity index (χ1) is 9.91. The van der Waals surface area contributed by atoms with Gasteiger partial charge in [-0.25, -0.2) is 4.79 Å². The molecule has 0 radical (unpaired) electrons. The van der Waals surface area contributed by atoms with Crippen LogP contribution in [0.4, 0.5) is 0 Å². The van der Waals surface area contributed by atoms with Crippen LogP contribution in [0.1, 0.15) is 19.4 Å². The summed E-state index contributed by atoms with van der Waals surface area (Å²) in [7, 11) is 3.54. The van der Waals surface area contributed by atoms with Gasteiger partial charge in [0, 0.05) is 32.6 Å². The molecule has 0 fully saturated rings. The van der Waals surface area contributed by atoms with Crippen LogP contribution in [0.15, 0.2) is 42.1 Å². The lowest BCUT2D eigenvalue weighted by Crippen LogP contribution is -2.23. The summed E-state index contributed by atoms with van der Waals surface area (Å²) in [5.74, 6) is -0.996. The molecule has 0 spiro atoms.